The van der Waals surface area contributed by atoms with Gasteiger partial charge in [0.2, 0.25) is 5.91 Å². The van der Waals surface area contributed by atoms with Crippen LogP contribution in [0, 0.1) is 5.92 Å². The zero-order valence-corrected chi connectivity index (χ0v) is 13.9. The molecule has 4 nitrogen and oxygen atoms in total. The van der Waals surface area contributed by atoms with Crippen molar-refractivity contribution in [3.63, 3.8) is 0 Å². The third-order valence-electron chi connectivity index (χ3n) is 4.31. The number of carbonyl (C=O) groups excluding carboxylic acids is 1. The zero-order chi connectivity index (χ0) is 16.2. The molecule has 2 aromatic rings. The molecule has 1 amide bonds. The van der Waals surface area contributed by atoms with E-state index in [1.807, 2.05) is 6.07 Å². The van der Waals surface area contributed by atoms with Crippen molar-refractivity contribution in [1.29, 1.82) is 0 Å². The van der Waals surface area contributed by atoms with Crippen LogP contribution in [-0.4, -0.2) is 35.0 Å². The molecular formula is C19H25N3O. The number of hydrogen-bond donors (Lipinski definition) is 1. The number of amides is 1. The Morgan fingerprint density at radius 1 is 1.17 bits per heavy atom. The quantitative estimate of drug-likeness (QED) is 0.922. The van der Waals surface area contributed by atoms with Crippen molar-refractivity contribution in [3.05, 3.63) is 59.9 Å². The van der Waals surface area contributed by atoms with Crippen LogP contribution in [0.25, 0.3) is 0 Å². The molecule has 0 spiro atoms. The molecule has 0 saturated heterocycles. The SMILES string of the molecule is CC(C)CNC(=O)CN1CCn2cccc2[C@@H]1c1ccccc1. The average molecular weight is 311 g/mol. The van der Waals surface area contributed by atoms with E-state index in [9.17, 15) is 4.79 Å². The van der Waals surface area contributed by atoms with Crippen LogP contribution in [0.5, 0.6) is 0 Å². The lowest BCUT2D eigenvalue weighted by atomic mass is 10.00. The number of benzene rings is 1. The number of hydrogen-bond acceptors (Lipinski definition) is 2. The fraction of sp³-hybridized carbons (Fsp3) is 0.421. The highest BCUT2D eigenvalue weighted by atomic mass is 16.2. The molecular weight excluding hydrogens is 286 g/mol. The summed E-state index contributed by atoms with van der Waals surface area (Å²) in [5, 5.41) is 3.03. The van der Waals surface area contributed by atoms with E-state index < -0.39 is 0 Å². The van der Waals surface area contributed by atoms with Gasteiger partial charge in [0, 0.05) is 31.5 Å². The lowest BCUT2D eigenvalue weighted by Crippen LogP contribution is -2.44. The lowest BCUT2D eigenvalue weighted by Gasteiger charge is -2.36. The summed E-state index contributed by atoms with van der Waals surface area (Å²) in [6, 6.07) is 14.8. The summed E-state index contributed by atoms with van der Waals surface area (Å²) in [5.74, 6) is 0.585. The van der Waals surface area contributed by atoms with Gasteiger partial charge in [-0.15, -0.1) is 0 Å². The Labute approximate surface area is 138 Å². The predicted octanol–water partition coefficient (Wildman–Crippen LogP) is 2.67. The van der Waals surface area contributed by atoms with Crippen LogP contribution in [0.4, 0.5) is 0 Å². The second-order valence-electron chi connectivity index (χ2n) is 6.61. The summed E-state index contributed by atoms with van der Waals surface area (Å²) >= 11 is 0. The van der Waals surface area contributed by atoms with Crippen molar-refractivity contribution in [1.82, 2.24) is 14.8 Å². The third kappa shape index (κ3) is 3.64. The van der Waals surface area contributed by atoms with Crippen LogP contribution in [0.3, 0.4) is 0 Å². The summed E-state index contributed by atoms with van der Waals surface area (Å²) < 4.78 is 2.29. The Hall–Kier alpha value is -2.07. The first-order chi connectivity index (χ1) is 11.1. The van der Waals surface area contributed by atoms with Crippen molar-refractivity contribution >= 4 is 5.91 Å². The fourth-order valence-corrected chi connectivity index (χ4v) is 3.18. The van der Waals surface area contributed by atoms with E-state index in [2.05, 4.69) is 71.2 Å². The summed E-state index contributed by atoms with van der Waals surface area (Å²) in [4.78, 5) is 14.6. The normalized spacial score (nSPS) is 18.0. The second-order valence-corrected chi connectivity index (χ2v) is 6.61. The second kappa shape index (κ2) is 7.01. The van der Waals surface area contributed by atoms with E-state index in [1.54, 1.807) is 0 Å². The van der Waals surface area contributed by atoms with Gasteiger partial charge in [-0.3, -0.25) is 9.69 Å². The molecule has 0 bridgehead atoms. The molecule has 1 N–H and O–H groups in total. The molecule has 0 aliphatic carbocycles. The van der Waals surface area contributed by atoms with Crippen LogP contribution >= 0.6 is 0 Å². The minimum atomic E-state index is 0.111. The van der Waals surface area contributed by atoms with Crippen molar-refractivity contribution < 1.29 is 4.79 Å². The topological polar surface area (TPSA) is 37.3 Å². The van der Waals surface area contributed by atoms with Crippen LogP contribution in [-0.2, 0) is 11.3 Å². The van der Waals surface area contributed by atoms with Crippen LogP contribution in [0.2, 0.25) is 0 Å². The van der Waals surface area contributed by atoms with E-state index in [1.165, 1.54) is 11.3 Å². The first-order valence-corrected chi connectivity index (χ1v) is 8.36. The van der Waals surface area contributed by atoms with Gasteiger partial charge in [-0.25, -0.2) is 0 Å². The highest BCUT2D eigenvalue weighted by Crippen LogP contribution is 2.31. The minimum Gasteiger partial charge on any atom is -0.355 e. The van der Waals surface area contributed by atoms with E-state index >= 15 is 0 Å². The molecule has 1 aliphatic rings. The van der Waals surface area contributed by atoms with Crippen LogP contribution < -0.4 is 5.32 Å². The van der Waals surface area contributed by atoms with Gasteiger partial charge in [0.15, 0.2) is 0 Å². The molecule has 0 unspecified atom stereocenters. The Morgan fingerprint density at radius 2 is 1.96 bits per heavy atom. The predicted molar refractivity (Wildman–Crippen MR) is 92.1 cm³/mol. The number of fused-ring (bicyclic) bond motifs is 1. The number of carbonyl (C=O) groups is 1. The highest BCUT2D eigenvalue weighted by Gasteiger charge is 2.29. The van der Waals surface area contributed by atoms with Crippen LogP contribution in [0.1, 0.15) is 31.1 Å². The van der Waals surface area contributed by atoms with Gasteiger partial charge in [0.05, 0.1) is 12.6 Å². The van der Waals surface area contributed by atoms with Gasteiger partial charge in [0.25, 0.3) is 0 Å². The van der Waals surface area contributed by atoms with Crippen molar-refractivity contribution in [2.75, 3.05) is 19.6 Å². The molecule has 1 aliphatic heterocycles. The summed E-state index contributed by atoms with van der Waals surface area (Å²) in [5.41, 5.74) is 2.50. The smallest absolute Gasteiger partial charge is 0.234 e. The highest BCUT2D eigenvalue weighted by molar-refractivity contribution is 5.78. The lowest BCUT2D eigenvalue weighted by molar-refractivity contribution is -0.123. The molecule has 3 rings (SSSR count). The van der Waals surface area contributed by atoms with Crippen molar-refractivity contribution in [2.45, 2.75) is 26.4 Å². The monoisotopic (exact) mass is 311 g/mol. The van der Waals surface area contributed by atoms with Gasteiger partial charge in [-0.2, -0.15) is 0 Å². The molecule has 2 heterocycles. The Bertz CT molecular complexity index is 648. The Kier molecular flexibility index (Phi) is 4.82. The summed E-state index contributed by atoms with van der Waals surface area (Å²) in [6.07, 6.45) is 2.13. The van der Waals surface area contributed by atoms with Crippen LogP contribution in [0.15, 0.2) is 48.7 Å². The van der Waals surface area contributed by atoms with Gasteiger partial charge in [-0.05, 0) is 23.6 Å². The first-order valence-electron chi connectivity index (χ1n) is 8.36. The Morgan fingerprint density at radius 3 is 2.70 bits per heavy atom. The molecule has 0 saturated carbocycles. The summed E-state index contributed by atoms with van der Waals surface area (Å²) in [6.45, 7) is 7.22. The number of nitrogens with zero attached hydrogens (tertiary/aromatic N) is 2. The molecule has 1 aromatic carbocycles. The first kappa shape index (κ1) is 15.8. The summed E-state index contributed by atoms with van der Waals surface area (Å²) in [7, 11) is 0. The van der Waals surface area contributed by atoms with Crippen molar-refractivity contribution in [2.24, 2.45) is 5.92 Å². The molecule has 0 fully saturated rings. The maximum Gasteiger partial charge on any atom is 0.234 e. The third-order valence-corrected chi connectivity index (χ3v) is 4.31. The standard InChI is InChI=1S/C19H25N3O/c1-15(2)13-20-18(23)14-22-12-11-21-10-6-9-17(21)19(22)16-7-4-3-5-8-16/h3-10,15,19H,11-14H2,1-2H3,(H,20,23)/t19-/m0/s1. The van der Waals surface area contributed by atoms with E-state index in [-0.39, 0.29) is 11.9 Å². The van der Waals surface area contributed by atoms with Gasteiger partial charge in [-0.1, -0.05) is 44.2 Å². The maximum absolute atomic E-state index is 12.3. The average Bonchev–Trinajstić information content (AvgIpc) is 3.02. The van der Waals surface area contributed by atoms with Gasteiger partial charge >= 0.3 is 0 Å². The van der Waals surface area contributed by atoms with E-state index in [0.29, 0.717) is 12.5 Å². The van der Waals surface area contributed by atoms with Gasteiger partial charge < -0.3 is 9.88 Å². The molecule has 122 valence electrons. The number of nitrogens with one attached hydrogen (secondary N) is 1. The van der Waals surface area contributed by atoms with E-state index in [0.717, 1.165) is 19.6 Å². The number of aromatic nitrogens is 1. The molecule has 4 heteroatoms. The molecule has 1 aromatic heterocycles. The molecule has 1 atom stereocenters. The fourth-order valence-electron chi connectivity index (χ4n) is 3.18. The maximum atomic E-state index is 12.3. The van der Waals surface area contributed by atoms with Crippen molar-refractivity contribution in [3.8, 4) is 0 Å². The molecule has 23 heavy (non-hydrogen) atoms. The van der Waals surface area contributed by atoms with E-state index in [4.69, 9.17) is 0 Å². The minimum absolute atomic E-state index is 0.111. The largest absolute Gasteiger partial charge is 0.355 e. The van der Waals surface area contributed by atoms with Gasteiger partial charge in [0.1, 0.15) is 0 Å². The number of rotatable bonds is 5. The Balaban J connectivity index is 1.80. The molecule has 0 radical (unpaired) electrons. The zero-order valence-electron chi connectivity index (χ0n) is 13.9.